The second kappa shape index (κ2) is 12.1. The summed E-state index contributed by atoms with van der Waals surface area (Å²) in [7, 11) is 2.66. The van der Waals surface area contributed by atoms with Crippen LogP contribution in [0.2, 0.25) is 0 Å². The van der Waals surface area contributed by atoms with Crippen molar-refractivity contribution in [2.75, 3.05) is 24.9 Å². The van der Waals surface area contributed by atoms with Crippen molar-refractivity contribution in [3.8, 4) is 22.6 Å². The number of ether oxygens (including phenoxy) is 4. The number of hydrogen-bond acceptors (Lipinski definition) is 8. The number of rotatable bonds is 7. The summed E-state index contributed by atoms with van der Waals surface area (Å²) in [6.07, 6.45) is -0.634. The minimum absolute atomic E-state index is 0.0118. The lowest BCUT2D eigenvalue weighted by molar-refractivity contribution is -0.131. The van der Waals surface area contributed by atoms with Crippen molar-refractivity contribution in [2.45, 2.75) is 33.3 Å². The molecule has 2 amide bonds. The van der Waals surface area contributed by atoms with Gasteiger partial charge in [-0.1, -0.05) is 24.3 Å². The fraction of sp³-hybridized carbons (Fsp3) is 0.241. The van der Waals surface area contributed by atoms with E-state index in [1.165, 1.54) is 39.3 Å². The van der Waals surface area contributed by atoms with Crippen molar-refractivity contribution in [3.63, 3.8) is 0 Å². The lowest BCUT2D eigenvalue weighted by Gasteiger charge is -2.20. The molecule has 39 heavy (non-hydrogen) atoms. The molecule has 0 radical (unpaired) electrons. The Kier molecular flexibility index (Phi) is 8.92. The van der Waals surface area contributed by atoms with E-state index in [4.69, 9.17) is 18.9 Å². The maximum Gasteiger partial charge on any atom is 0.412 e. The quantitative estimate of drug-likeness (QED) is 0.293. The molecule has 10 heteroatoms. The standard InChI is InChI=1S/C29H30N2O8/c1-17(32)38-25-14-12-19(36-5)16-22(25)26(33)30-24-15-18(11-13-21(24)27(34)37-6)20-9-7-8-10-23(20)31-28(35)39-29(2,3)4/h7-16H,1-6H3,(H,30,33)(H,31,35). The highest BCUT2D eigenvalue weighted by atomic mass is 16.6. The van der Waals surface area contributed by atoms with Crippen LogP contribution in [0.1, 0.15) is 48.4 Å². The molecule has 0 atom stereocenters. The van der Waals surface area contributed by atoms with Crippen LogP contribution in [0.25, 0.3) is 11.1 Å². The zero-order valence-corrected chi connectivity index (χ0v) is 22.5. The third-order valence-electron chi connectivity index (χ3n) is 5.23. The fourth-order valence-corrected chi connectivity index (χ4v) is 3.61. The Hall–Kier alpha value is -4.86. The number of methoxy groups -OCH3 is 2. The van der Waals surface area contributed by atoms with Crippen LogP contribution >= 0.6 is 0 Å². The molecule has 0 aromatic heterocycles. The molecule has 0 aliphatic carbocycles. The van der Waals surface area contributed by atoms with Crippen LogP contribution in [-0.2, 0) is 14.3 Å². The van der Waals surface area contributed by atoms with E-state index in [1.807, 2.05) is 0 Å². The molecule has 0 unspecified atom stereocenters. The van der Waals surface area contributed by atoms with E-state index < -0.39 is 29.5 Å². The predicted molar refractivity (Wildman–Crippen MR) is 145 cm³/mol. The third-order valence-corrected chi connectivity index (χ3v) is 5.23. The van der Waals surface area contributed by atoms with E-state index in [-0.39, 0.29) is 22.6 Å². The molecule has 0 bridgehead atoms. The Bertz CT molecular complexity index is 1410. The molecule has 0 heterocycles. The molecule has 10 nitrogen and oxygen atoms in total. The van der Waals surface area contributed by atoms with Crippen molar-refractivity contribution in [3.05, 3.63) is 71.8 Å². The molecule has 3 aromatic rings. The lowest BCUT2D eigenvalue weighted by Crippen LogP contribution is -2.27. The van der Waals surface area contributed by atoms with Gasteiger partial charge in [0.2, 0.25) is 0 Å². The first kappa shape index (κ1) is 28.7. The summed E-state index contributed by atoms with van der Waals surface area (Å²) in [5.41, 5.74) is 1.19. The molecular formula is C29H30N2O8. The molecule has 0 aliphatic rings. The zero-order valence-electron chi connectivity index (χ0n) is 22.5. The molecule has 3 aromatic carbocycles. The van der Waals surface area contributed by atoms with Crippen LogP contribution < -0.4 is 20.1 Å². The molecule has 0 fully saturated rings. The van der Waals surface area contributed by atoms with Gasteiger partial charge in [-0.3, -0.25) is 14.9 Å². The summed E-state index contributed by atoms with van der Waals surface area (Å²) in [5, 5.41) is 5.45. The second-order valence-electron chi connectivity index (χ2n) is 9.33. The van der Waals surface area contributed by atoms with E-state index in [2.05, 4.69) is 10.6 Å². The Morgan fingerprint density at radius 3 is 2.15 bits per heavy atom. The SMILES string of the molecule is COC(=O)c1ccc(-c2ccccc2NC(=O)OC(C)(C)C)cc1NC(=O)c1cc(OC)ccc1OC(C)=O. The van der Waals surface area contributed by atoms with Gasteiger partial charge in [0.15, 0.2) is 0 Å². The summed E-state index contributed by atoms with van der Waals surface area (Å²) in [6.45, 7) is 6.49. The number of carbonyl (C=O) groups excluding carboxylic acids is 4. The van der Waals surface area contributed by atoms with Gasteiger partial charge < -0.3 is 24.3 Å². The van der Waals surface area contributed by atoms with E-state index in [0.717, 1.165) is 0 Å². The van der Waals surface area contributed by atoms with E-state index in [1.54, 1.807) is 63.2 Å². The van der Waals surface area contributed by atoms with Gasteiger partial charge in [0.05, 0.1) is 36.7 Å². The van der Waals surface area contributed by atoms with Crippen LogP contribution in [0.3, 0.4) is 0 Å². The predicted octanol–water partition coefficient (Wildman–Crippen LogP) is 5.67. The highest BCUT2D eigenvalue weighted by molar-refractivity contribution is 6.10. The number of benzene rings is 3. The lowest BCUT2D eigenvalue weighted by atomic mass is 10.00. The van der Waals surface area contributed by atoms with Crippen LogP contribution in [0.15, 0.2) is 60.7 Å². The summed E-state index contributed by atoms with van der Waals surface area (Å²) >= 11 is 0. The third kappa shape index (κ3) is 7.57. The number of carbonyl (C=O) groups is 4. The molecule has 0 spiro atoms. The largest absolute Gasteiger partial charge is 0.497 e. The number of para-hydroxylation sites is 1. The van der Waals surface area contributed by atoms with E-state index in [9.17, 15) is 19.2 Å². The summed E-state index contributed by atoms with van der Waals surface area (Å²) in [6, 6.07) is 16.1. The molecule has 2 N–H and O–H groups in total. The Labute approximate surface area is 226 Å². The number of nitrogens with one attached hydrogen (secondary N) is 2. The van der Waals surface area contributed by atoms with Crippen molar-refractivity contribution in [1.82, 2.24) is 0 Å². The van der Waals surface area contributed by atoms with E-state index >= 15 is 0 Å². The zero-order chi connectivity index (χ0) is 28.7. The van der Waals surface area contributed by atoms with E-state index in [0.29, 0.717) is 22.6 Å². The van der Waals surface area contributed by atoms with Crippen LogP contribution in [-0.4, -0.2) is 43.8 Å². The van der Waals surface area contributed by atoms with Crippen molar-refractivity contribution >= 4 is 35.3 Å². The molecule has 204 valence electrons. The Balaban J connectivity index is 2.04. The van der Waals surface area contributed by atoms with Gasteiger partial charge in [-0.25, -0.2) is 9.59 Å². The number of amides is 2. The van der Waals surface area contributed by atoms with Crippen LogP contribution in [0.4, 0.5) is 16.2 Å². The molecule has 0 saturated heterocycles. The molecular weight excluding hydrogens is 504 g/mol. The van der Waals surface area contributed by atoms with Crippen molar-refractivity contribution in [2.24, 2.45) is 0 Å². The van der Waals surface area contributed by atoms with Crippen LogP contribution in [0.5, 0.6) is 11.5 Å². The highest BCUT2D eigenvalue weighted by Gasteiger charge is 2.21. The first-order valence-electron chi connectivity index (χ1n) is 11.9. The normalized spacial score (nSPS) is 10.7. The Morgan fingerprint density at radius 2 is 1.51 bits per heavy atom. The number of esters is 2. The van der Waals surface area contributed by atoms with Gasteiger partial charge in [-0.2, -0.15) is 0 Å². The first-order chi connectivity index (χ1) is 18.4. The molecule has 0 saturated carbocycles. The molecule has 3 rings (SSSR count). The summed E-state index contributed by atoms with van der Waals surface area (Å²) in [5.74, 6) is -1.57. The maximum atomic E-state index is 13.4. The Morgan fingerprint density at radius 1 is 0.795 bits per heavy atom. The van der Waals surface area contributed by atoms with Gasteiger partial charge in [0.25, 0.3) is 5.91 Å². The van der Waals surface area contributed by atoms with Crippen molar-refractivity contribution < 1.29 is 38.1 Å². The van der Waals surface area contributed by atoms with Gasteiger partial charge in [-0.15, -0.1) is 0 Å². The average molecular weight is 535 g/mol. The minimum atomic E-state index is -0.691. The fourth-order valence-electron chi connectivity index (χ4n) is 3.61. The minimum Gasteiger partial charge on any atom is -0.497 e. The van der Waals surface area contributed by atoms with Gasteiger partial charge in [0.1, 0.15) is 17.1 Å². The number of anilines is 2. The monoisotopic (exact) mass is 534 g/mol. The van der Waals surface area contributed by atoms with Gasteiger partial charge >= 0.3 is 18.0 Å². The maximum absolute atomic E-state index is 13.4. The topological polar surface area (TPSA) is 129 Å². The second-order valence-corrected chi connectivity index (χ2v) is 9.33. The summed E-state index contributed by atoms with van der Waals surface area (Å²) < 4.78 is 20.6. The smallest absolute Gasteiger partial charge is 0.412 e. The highest BCUT2D eigenvalue weighted by Crippen LogP contribution is 2.33. The first-order valence-corrected chi connectivity index (χ1v) is 11.9. The van der Waals surface area contributed by atoms with Gasteiger partial charge in [0, 0.05) is 12.5 Å². The van der Waals surface area contributed by atoms with Crippen LogP contribution in [0, 0.1) is 0 Å². The van der Waals surface area contributed by atoms with Crippen molar-refractivity contribution in [1.29, 1.82) is 0 Å². The van der Waals surface area contributed by atoms with Gasteiger partial charge in [-0.05, 0) is 62.7 Å². The average Bonchev–Trinajstić information content (AvgIpc) is 2.87. The molecule has 0 aliphatic heterocycles. The summed E-state index contributed by atoms with van der Waals surface area (Å²) in [4.78, 5) is 49.9. The number of hydrogen-bond donors (Lipinski definition) is 2.